The van der Waals surface area contributed by atoms with Crippen molar-refractivity contribution in [3.8, 4) is 11.1 Å². The van der Waals surface area contributed by atoms with Crippen LogP contribution in [-0.2, 0) is 6.18 Å². The molecule has 5 heteroatoms. The van der Waals surface area contributed by atoms with Gasteiger partial charge in [-0.05, 0) is 33.6 Å². The highest BCUT2D eigenvalue weighted by Gasteiger charge is 2.34. The number of halogens is 5. The molecule has 0 aromatic heterocycles. The van der Waals surface area contributed by atoms with Gasteiger partial charge in [0.05, 0.1) is 5.56 Å². The van der Waals surface area contributed by atoms with Crippen molar-refractivity contribution in [1.29, 1.82) is 0 Å². The summed E-state index contributed by atoms with van der Waals surface area (Å²) in [5.74, 6) is 0. The van der Waals surface area contributed by atoms with Crippen LogP contribution in [0.3, 0.4) is 0 Å². The van der Waals surface area contributed by atoms with E-state index in [2.05, 4.69) is 31.9 Å². The van der Waals surface area contributed by atoms with Crippen molar-refractivity contribution in [3.05, 3.63) is 57.0 Å². The molecule has 0 saturated heterocycles. The van der Waals surface area contributed by atoms with Gasteiger partial charge in [0.25, 0.3) is 0 Å². The fourth-order valence-corrected chi connectivity index (χ4v) is 3.27. The Hall–Kier alpha value is -0.810. The summed E-state index contributed by atoms with van der Waals surface area (Å²) < 4.78 is 39.2. The van der Waals surface area contributed by atoms with Crippen LogP contribution in [0, 0.1) is 0 Å². The van der Waals surface area contributed by atoms with Crippen LogP contribution in [0.25, 0.3) is 11.1 Å². The van der Waals surface area contributed by atoms with Crippen molar-refractivity contribution >= 4 is 31.9 Å². The first kappa shape index (κ1) is 13.6. The molecule has 0 heterocycles. The number of rotatable bonds is 1. The molecule has 94 valence electrons. The van der Waals surface area contributed by atoms with Gasteiger partial charge in [-0.3, -0.25) is 0 Å². The Labute approximate surface area is 119 Å². The van der Waals surface area contributed by atoms with Gasteiger partial charge in [0.15, 0.2) is 0 Å². The summed E-state index contributed by atoms with van der Waals surface area (Å²) in [6, 6.07) is 11.4. The predicted octanol–water partition coefficient (Wildman–Crippen LogP) is 5.90. The van der Waals surface area contributed by atoms with Crippen LogP contribution >= 0.6 is 31.9 Å². The van der Waals surface area contributed by atoms with Gasteiger partial charge in [-0.2, -0.15) is 13.2 Å². The maximum atomic E-state index is 12.8. The zero-order valence-corrected chi connectivity index (χ0v) is 12.1. The van der Waals surface area contributed by atoms with Crippen molar-refractivity contribution in [3.63, 3.8) is 0 Å². The third kappa shape index (κ3) is 2.62. The van der Waals surface area contributed by atoms with E-state index >= 15 is 0 Å². The summed E-state index contributed by atoms with van der Waals surface area (Å²) in [6.07, 6.45) is -4.37. The molecule has 0 fully saturated rings. The summed E-state index contributed by atoms with van der Waals surface area (Å²) in [4.78, 5) is 0. The zero-order chi connectivity index (χ0) is 13.3. The first-order valence-corrected chi connectivity index (χ1v) is 6.60. The van der Waals surface area contributed by atoms with Crippen LogP contribution in [0.4, 0.5) is 13.2 Å². The number of benzene rings is 2. The van der Waals surface area contributed by atoms with Gasteiger partial charge in [0, 0.05) is 14.5 Å². The maximum Gasteiger partial charge on any atom is 0.417 e. The van der Waals surface area contributed by atoms with E-state index in [1.165, 1.54) is 6.07 Å². The van der Waals surface area contributed by atoms with Crippen LogP contribution in [-0.4, -0.2) is 0 Å². The average molecular weight is 380 g/mol. The largest absolute Gasteiger partial charge is 0.417 e. The van der Waals surface area contributed by atoms with E-state index in [9.17, 15) is 13.2 Å². The van der Waals surface area contributed by atoms with E-state index < -0.39 is 11.7 Å². The Morgan fingerprint density at radius 2 is 1.44 bits per heavy atom. The van der Waals surface area contributed by atoms with Crippen LogP contribution in [0.5, 0.6) is 0 Å². The smallest absolute Gasteiger partial charge is 0.166 e. The van der Waals surface area contributed by atoms with Gasteiger partial charge >= 0.3 is 6.18 Å². The SMILES string of the molecule is FC(F)(F)c1ccc(Br)c(-c2ccccc2)c1Br. The van der Waals surface area contributed by atoms with E-state index in [4.69, 9.17) is 0 Å². The van der Waals surface area contributed by atoms with Crippen molar-refractivity contribution in [2.24, 2.45) is 0 Å². The normalized spacial score (nSPS) is 11.6. The lowest BCUT2D eigenvalue weighted by molar-refractivity contribution is -0.138. The minimum atomic E-state index is -4.37. The fourth-order valence-electron chi connectivity index (χ4n) is 1.64. The lowest BCUT2D eigenvalue weighted by Gasteiger charge is -2.14. The highest BCUT2D eigenvalue weighted by Crippen LogP contribution is 2.43. The second-order valence-corrected chi connectivity index (χ2v) is 5.30. The molecule has 2 rings (SSSR count). The molecular formula is C13H7Br2F3. The highest BCUT2D eigenvalue weighted by molar-refractivity contribution is 9.11. The van der Waals surface area contributed by atoms with Gasteiger partial charge in [0.1, 0.15) is 0 Å². The van der Waals surface area contributed by atoms with Crippen LogP contribution in [0.15, 0.2) is 51.4 Å². The Kier molecular flexibility index (Phi) is 3.82. The molecule has 0 amide bonds. The second-order valence-electron chi connectivity index (χ2n) is 3.65. The van der Waals surface area contributed by atoms with E-state index in [-0.39, 0.29) is 4.47 Å². The first-order chi connectivity index (χ1) is 8.41. The quantitative estimate of drug-likeness (QED) is 0.578. The van der Waals surface area contributed by atoms with Crippen molar-refractivity contribution < 1.29 is 13.2 Å². The molecule has 0 unspecified atom stereocenters. The zero-order valence-electron chi connectivity index (χ0n) is 8.93. The van der Waals surface area contributed by atoms with E-state index in [1.807, 2.05) is 6.07 Å². The Balaban J connectivity index is 2.68. The van der Waals surface area contributed by atoms with E-state index in [1.54, 1.807) is 24.3 Å². The molecule has 0 radical (unpaired) electrons. The molecule has 18 heavy (non-hydrogen) atoms. The summed E-state index contributed by atoms with van der Waals surface area (Å²) in [5.41, 5.74) is 0.553. The predicted molar refractivity (Wildman–Crippen MR) is 72.3 cm³/mol. The van der Waals surface area contributed by atoms with E-state index in [0.29, 0.717) is 10.0 Å². The molecule has 0 saturated carbocycles. The number of hydrogen-bond donors (Lipinski definition) is 0. The summed E-state index contributed by atoms with van der Waals surface area (Å²) in [5, 5.41) is 0. The van der Waals surface area contributed by atoms with Crippen molar-refractivity contribution in [2.45, 2.75) is 6.18 Å². The Bertz CT molecular complexity index is 562. The maximum absolute atomic E-state index is 12.8. The van der Waals surface area contributed by atoms with Gasteiger partial charge in [-0.25, -0.2) is 0 Å². The Morgan fingerprint density at radius 3 is 2.00 bits per heavy atom. The minimum Gasteiger partial charge on any atom is -0.166 e. The first-order valence-electron chi connectivity index (χ1n) is 5.02. The number of alkyl halides is 3. The van der Waals surface area contributed by atoms with Gasteiger partial charge in [-0.15, -0.1) is 0 Å². The molecule has 0 aliphatic carbocycles. The fraction of sp³-hybridized carbons (Fsp3) is 0.0769. The lowest BCUT2D eigenvalue weighted by atomic mass is 10.0. The standard InChI is InChI=1S/C13H7Br2F3/c14-10-7-6-9(13(16,17)18)12(15)11(10)8-4-2-1-3-5-8/h1-7H. The Morgan fingerprint density at radius 1 is 0.833 bits per heavy atom. The van der Waals surface area contributed by atoms with Crippen molar-refractivity contribution in [2.75, 3.05) is 0 Å². The molecule has 0 spiro atoms. The second kappa shape index (κ2) is 5.05. The molecule has 0 N–H and O–H groups in total. The molecule has 0 aliphatic rings. The monoisotopic (exact) mass is 378 g/mol. The highest BCUT2D eigenvalue weighted by atomic mass is 79.9. The van der Waals surface area contributed by atoms with Gasteiger partial charge in [0.2, 0.25) is 0 Å². The molecule has 2 aromatic rings. The molecule has 0 aliphatic heterocycles. The summed E-state index contributed by atoms with van der Waals surface area (Å²) >= 11 is 6.34. The average Bonchev–Trinajstić information content (AvgIpc) is 2.28. The van der Waals surface area contributed by atoms with E-state index in [0.717, 1.165) is 11.6 Å². The van der Waals surface area contributed by atoms with Gasteiger partial charge in [-0.1, -0.05) is 46.3 Å². The third-order valence-electron chi connectivity index (χ3n) is 2.46. The van der Waals surface area contributed by atoms with Crippen LogP contribution in [0.2, 0.25) is 0 Å². The molecule has 0 nitrogen and oxygen atoms in total. The van der Waals surface area contributed by atoms with Crippen molar-refractivity contribution in [1.82, 2.24) is 0 Å². The summed E-state index contributed by atoms with van der Waals surface area (Å²) in [7, 11) is 0. The number of hydrogen-bond acceptors (Lipinski definition) is 0. The van der Waals surface area contributed by atoms with Crippen LogP contribution in [0.1, 0.15) is 5.56 Å². The third-order valence-corrected chi connectivity index (χ3v) is 3.94. The summed E-state index contributed by atoms with van der Waals surface area (Å²) in [6.45, 7) is 0. The molecule has 2 aromatic carbocycles. The molecular weight excluding hydrogens is 373 g/mol. The molecule has 0 atom stereocenters. The van der Waals surface area contributed by atoms with Crippen LogP contribution < -0.4 is 0 Å². The minimum absolute atomic E-state index is 0.0515. The molecule has 0 bridgehead atoms. The van der Waals surface area contributed by atoms with Gasteiger partial charge < -0.3 is 0 Å². The lowest BCUT2D eigenvalue weighted by Crippen LogP contribution is -2.06. The topological polar surface area (TPSA) is 0 Å².